The molecule has 0 bridgehead atoms. The first kappa shape index (κ1) is 14.0. The van der Waals surface area contributed by atoms with Crippen LogP contribution in [-0.2, 0) is 0 Å². The van der Waals surface area contributed by atoms with E-state index < -0.39 is 0 Å². The van der Waals surface area contributed by atoms with Gasteiger partial charge in [0.15, 0.2) is 0 Å². The number of hydrogen-bond acceptors (Lipinski definition) is 3. The highest BCUT2D eigenvalue weighted by Crippen LogP contribution is 2.27. The molecule has 0 saturated heterocycles. The van der Waals surface area contributed by atoms with Crippen LogP contribution in [0, 0.1) is 6.92 Å². The van der Waals surface area contributed by atoms with Gasteiger partial charge in [-0.25, -0.2) is 0 Å². The molecule has 4 N–H and O–H groups in total. The minimum Gasteiger partial charge on any atom is -0.391 e. The van der Waals surface area contributed by atoms with Crippen molar-refractivity contribution in [3.8, 4) is 0 Å². The van der Waals surface area contributed by atoms with E-state index in [4.69, 9.17) is 5.73 Å². The van der Waals surface area contributed by atoms with Crippen molar-refractivity contribution in [1.29, 1.82) is 0 Å². The highest BCUT2D eigenvalue weighted by Gasteiger charge is 2.10. The maximum absolute atomic E-state index is 9.69. The van der Waals surface area contributed by atoms with Gasteiger partial charge in [-0.1, -0.05) is 32.0 Å². The van der Waals surface area contributed by atoms with Crippen molar-refractivity contribution in [2.24, 2.45) is 5.73 Å². The molecule has 1 atom stereocenters. The van der Waals surface area contributed by atoms with Gasteiger partial charge in [-0.3, -0.25) is 0 Å². The molecular weight excluding hydrogens is 212 g/mol. The second kappa shape index (κ2) is 6.62. The van der Waals surface area contributed by atoms with E-state index >= 15 is 0 Å². The normalized spacial score (nSPS) is 12.8. The van der Waals surface area contributed by atoms with Crippen LogP contribution in [0.15, 0.2) is 18.2 Å². The summed E-state index contributed by atoms with van der Waals surface area (Å²) in [6, 6.07) is 6.30. The van der Waals surface area contributed by atoms with Gasteiger partial charge in [0.2, 0.25) is 0 Å². The van der Waals surface area contributed by atoms with Crippen LogP contribution in [-0.4, -0.2) is 24.3 Å². The van der Waals surface area contributed by atoms with Gasteiger partial charge in [-0.2, -0.15) is 0 Å². The molecule has 0 saturated carbocycles. The molecule has 1 aromatic rings. The Labute approximate surface area is 104 Å². The molecule has 0 radical (unpaired) electrons. The summed E-state index contributed by atoms with van der Waals surface area (Å²) in [5, 5.41) is 13.0. The Hall–Kier alpha value is -1.06. The minimum atomic E-state index is -0.375. The summed E-state index contributed by atoms with van der Waals surface area (Å²) in [5.41, 5.74) is 9.09. The van der Waals surface area contributed by atoms with E-state index in [-0.39, 0.29) is 6.10 Å². The van der Waals surface area contributed by atoms with Gasteiger partial charge in [0.1, 0.15) is 0 Å². The van der Waals surface area contributed by atoms with E-state index in [9.17, 15) is 5.11 Å². The van der Waals surface area contributed by atoms with Crippen LogP contribution in [0.3, 0.4) is 0 Å². The summed E-state index contributed by atoms with van der Waals surface area (Å²) >= 11 is 0. The average molecular weight is 236 g/mol. The topological polar surface area (TPSA) is 58.3 Å². The standard InChI is InChI=1S/C14H24N2O/c1-10(2)13-6-4-5-11(3)14(13)16-9-12(17)7-8-15/h4-6,10,12,16-17H,7-9,15H2,1-3H3. The lowest BCUT2D eigenvalue weighted by atomic mass is 9.98. The molecule has 0 spiro atoms. The number of aliphatic hydroxyl groups is 1. The van der Waals surface area contributed by atoms with Gasteiger partial charge >= 0.3 is 0 Å². The average Bonchev–Trinajstić information content (AvgIpc) is 2.27. The van der Waals surface area contributed by atoms with Gasteiger partial charge < -0.3 is 16.2 Å². The van der Waals surface area contributed by atoms with Crippen LogP contribution in [0.1, 0.15) is 37.3 Å². The van der Waals surface area contributed by atoms with Crippen molar-refractivity contribution in [1.82, 2.24) is 0 Å². The molecule has 1 aromatic carbocycles. The lowest BCUT2D eigenvalue weighted by Gasteiger charge is -2.19. The fraction of sp³-hybridized carbons (Fsp3) is 0.571. The predicted molar refractivity (Wildman–Crippen MR) is 73.4 cm³/mol. The number of nitrogens with one attached hydrogen (secondary N) is 1. The second-order valence-electron chi connectivity index (χ2n) is 4.81. The summed E-state index contributed by atoms with van der Waals surface area (Å²) in [4.78, 5) is 0. The van der Waals surface area contributed by atoms with E-state index in [1.807, 2.05) is 0 Å². The van der Waals surface area contributed by atoms with Crippen LogP contribution >= 0.6 is 0 Å². The summed E-state index contributed by atoms with van der Waals surface area (Å²) < 4.78 is 0. The maximum Gasteiger partial charge on any atom is 0.0724 e. The SMILES string of the molecule is Cc1cccc(C(C)C)c1NCC(O)CCN. The van der Waals surface area contributed by atoms with E-state index in [2.05, 4.69) is 44.3 Å². The monoisotopic (exact) mass is 236 g/mol. The van der Waals surface area contributed by atoms with E-state index in [0.717, 1.165) is 5.69 Å². The molecule has 0 aliphatic rings. The molecular formula is C14H24N2O. The number of benzene rings is 1. The predicted octanol–water partition coefficient (Wildman–Crippen LogP) is 2.24. The Morgan fingerprint density at radius 3 is 2.65 bits per heavy atom. The van der Waals surface area contributed by atoms with E-state index in [1.54, 1.807) is 0 Å². The number of nitrogens with two attached hydrogens (primary N) is 1. The molecule has 0 amide bonds. The zero-order chi connectivity index (χ0) is 12.8. The quantitative estimate of drug-likeness (QED) is 0.710. The highest BCUT2D eigenvalue weighted by molar-refractivity contribution is 5.58. The number of hydrogen-bond donors (Lipinski definition) is 3. The number of aliphatic hydroxyl groups excluding tert-OH is 1. The summed E-state index contributed by atoms with van der Waals surface area (Å²) in [5.74, 6) is 0.476. The number of rotatable bonds is 6. The van der Waals surface area contributed by atoms with Crippen molar-refractivity contribution in [2.75, 3.05) is 18.4 Å². The van der Waals surface area contributed by atoms with Crippen molar-refractivity contribution in [3.63, 3.8) is 0 Å². The molecule has 0 aliphatic heterocycles. The summed E-state index contributed by atoms with van der Waals surface area (Å²) in [7, 11) is 0. The van der Waals surface area contributed by atoms with Crippen molar-refractivity contribution in [2.45, 2.75) is 39.2 Å². The number of anilines is 1. The molecule has 0 fully saturated rings. The first-order valence-corrected chi connectivity index (χ1v) is 6.27. The number of aryl methyl sites for hydroxylation is 1. The first-order valence-electron chi connectivity index (χ1n) is 6.27. The fourth-order valence-electron chi connectivity index (χ4n) is 1.93. The van der Waals surface area contributed by atoms with Crippen LogP contribution in [0.25, 0.3) is 0 Å². The Kier molecular flexibility index (Phi) is 5.45. The highest BCUT2D eigenvalue weighted by atomic mass is 16.3. The summed E-state index contributed by atoms with van der Waals surface area (Å²) in [6.07, 6.45) is 0.259. The molecule has 0 aromatic heterocycles. The van der Waals surface area contributed by atoms with Crippen LogP contribution in [0.2, 0.25) is 0 Å². The molecule has 3 heteroatoms. The zero-order valence-electron chi connectivity index (χ0n) is 11.0. The Morgan fingerprint density at radius 2 is 2.06 bits per heavy atom. The molecule has 0 aliphatic carbocycles. The maximum atomic E-state index is 9.69. The number of para-hydroxylation sites is 1. The summed E-state index contributed by atoms with van der Waals surface area (Å²) in [6.45, 7) is 7.52. The molecule has 17 heavy (non-hydrogen) atoms. The van der Waals surface area contributed by atoms with Gasteiger partial charge in [0.25, 0.3) is 0 Å². The molecule has 96 valence electrons. The second-order valence-corrected chi connectivity index (χ2v) is 4.81. The Morgan fingerprint density at radius 1 is 1.35 bits per heavy atom. The Balaban J connectivity index is 2.75. The first-order chi connectivity index (χ1) is 8.06. The molecule has 1 rings (SSSR count). The molecule has 1 unspecified atom stereocenters. The van der Waals surface area contributed by atoms with Gasteiger partial charge in [0, 0.05) is 12.2 Å². The third-order valence-electron chi connectivity index (χ3n) is 2.94. The van der Waals surface area contributed by atoms with Crippen molar-refractivity contribution < 1.29 is 5.11 Å². The van der Waals surface area contributed by atoms with Crippen molar-refractivity contribution >= 4 is 5.69 Å². The van der Waals surface area contributed by atoms with Crippen LogP contribution in [0.5, 0.6) is 0 Å². The third-order valence-corrected chi connectivity index (χ3v) is 2.94. The van der Waals surface area contributed by atoms with Crippen molar-refractivity contribution in [3.05, 3.63) is 29.3 Å². The molecule has 3 nitrogen and oxygen atoms in total. The minimum absolute atomic E-state index is 0.375. The van der Waals surface area contributed by atoms with Gasteiger partial charge in [-0.05, 0) is 36.9 Å². The van der Waals surface area contributed by atoms with E-state index in [0.29, 0.717) is 25.4 Å². The van der Waals surface area contributed by atoms with Crippen LogP contribution < -0.4 is 11.1 Å². The lowest BCUT2D eigenvalue weighted by molar-refractivity contribution is 0.180. The Bertz CT molecular complexity index is 350. The smallest absolute Gasteiger partial charge is 0.0724 e. The third kappa shape index (κ3) is 4.02. The zero-order valence-corrected chi connectivity index (χ0v) is 11.0. The van der Waals surface area contributed by atoms with Gasteiger partial charge in [0.05, 0.1) is 6.10 Å². The lowest BCUT2D eigenvalue weighted by Crippen LogP contribution is -2.23. The van der Waals surface area contributed by atoms with Crippen LogP contribution in [0.4, 0.5) is 5.69 Å². The largest absolute Gasteiger partial charge is 0.391 e. The molecule has 0 heterocycles. The van der Waals surface area contributed by atoms with Gasteiger partial charge in [-0.15, -0.1) is 0 Å². The van der Waals surface area contributed by atoms with E-state index in [1.165, 1.54) is 11.1 Å². The fourth-order valence-corrected chi connectivity index (χ4v) is 1.93.